The van der Waals surface area contributed by atoms with E-state index < -0.39 is 11.9 Å². The Morgan fingerprint density at radius 3 is 2.07 bits per heavy atom. The first-order valence-electron chi connectivity index (χ1n) is 16.5. The van der Waals surface area contributed by atoms with E-state index in [1.165, 1.54) is 94.3 Å². The van der Waals surface area contributed by atoms with E-state index in [0.717, 1.165) is 36.8 Å². The Morgan fingerprint density at radius 1 is 0.829 bits per heavy atom. The van der Waals surface area contributed by atoms with Crippen LogP contribution in [0.4, 0.5) is 0 Å². The largest absolute Gasteiger partial charge is 0.390 e. The third kappa shape index (κ3) is 18.6. The van der Waals surface area contributed by atoms with Gasteiger partial charge in [0.05, 0.1) is 0 Å². The van der Waals surface area contributed by atoms with Crippen LogP contribution < -0.4 is 0 Å². The number of carbonyl (C=O) groups excluding carboxylic acids is 2. The molecule has 3 nitrogen and oxygen atoms in total. The number of hydrogen-bond donors (Lipinski definition) is 0. The summed E-state index contributed by atoms with van der Waals surface area (Å²) >= 11 is 0. The summed E-state index contributed by atoms with van der Waals surface area (Å²) < 4.78 is 4.97. The Morgan fingerprint density at radius 2 is 1.44 bits per heavy atom. The van der Waals surface area contributed by atoms with E-state index in [1.54, 1.807) is 0 Å². The van der Waals surface area contributed by atoms with Gasteiger partial charge in [0.25, 0.3) is 0 Å². The van der Waals surface area contributed by atoms with E-state index in [2.05, 4.69) is 58.9 Å². The number of rotatable bonds is 20. The minimum absolute atomic E-state index is 0.232. The molecule has 0 bridgehead atoms. The van der Waals surface area contributed by atoms with Gasteiger partial charge in [0.2, 0.25) is 0 Å². The highest BCUT2D eigenvalue weighted by molar-refractivity contribution is 5.92. The van der Waals surface area contributed by atoms with Crippen molar-refractivity contribution in [3.63, 3.8) is 0 Å². The van der Waals surface area contributed by atoms with Crippen molar-refractivity contribution in [3.8, 4) is 0 Å². The van der Waals surface area contributed by atoms with Gasteiger partial charge in [0, 0.05) is 12.5 Å². The van der Waals surface area contributed by atoms with E-state index in [4.69, 9.17) is 4.74 Å². The van der Waals surface area contributed by atoms with Crippen LogP contribution >= 0.6 is 0 Å². The van der Waals surface area contributed by atoms with Crippen molar-refractivity contribution in [1.82, 2.24) is 0 Å². The lowest BCUT2D eigenvalue weighted by atomic mass is 9.72. The third-order valence-electron chi connectivity index (χ3n) is 7.98. The molecule has 0 unspecified atom stereocenters. The normalized spacial score (nSPS) is 16.4. The van der Waals surface area contributed by atoms with E-state index >= 15 is 0 Å². The molecule has 0 saturated carbocycles. The fraction of sp³-hybridized carbons (Fsp3) is 0.632. The molecule has 41 heavy (non-hydrogen) atoms. The maximum absolute atomic E-state index is 12.1. The quantitative estimate of drug-likeness (QED) is 0.0369. The highest BCUT2D eigenvalue weighted by atomic mass is 16.6. The molecule has 0 heterocycles. The van der Waals surface area contributed by atoms with Gasteiger partial charge in [-0.1, -0.05) is 126 Å². The number of allylic oxidation sites excluding steroid dienone is 11. The predicted molar refractivity (Wildman–Crippen MR) is 177 cm³/mol. The van der Waals surface area contributed by atoms with Crippen LogP contribution in [0.15, 0.2) is 70.9 Å². The van der Waals surface area contributed by atoms with Gasteiger partial charge in [-0.05, 0) is 88.7 Å². The minimum Gasteiger partial charge on any atom is -0.390 e. The molecular weight excluding hydrogens is 504 g/mol. The summed E-state index contributed by atoms with van der Waals surface area (Å²) in [6.45, 7) is 13.1. The summed E-state index contributed by atoms with van der Waals surface area (Å²) in [5.74, 6) is -1.02. The van der Waals surface area contributed by atoms with Crippen LogP contribution in [0.25, 0.3) is 0 Å². The molecule has 1 rings (SSSR count). The Balaban J connectivity index is 2.20. The molecule has 0 aromatic carbocycles. The van der Waals surface area contributed by atoms with Gasteiger partial charge in [-0.2, -0.15) is 0 Å². The van der Waals surface area contributed by atoms with Gasteiger partial charge < -0.3 is 4.74 Å². The summed E-state index contributed by atoms with van der Waals surface area (Å²) in [6, 6.07) is 0. The summed E-state index contributed by atoms with van der Waals surface area (Å²) in [4.78, 5) is 24.1. The van der Waals surface area contributed by atoms with Crippen LogP contribution in [-0.2, 0) is 14.3 Å². The van der Waals surface area contributed by atoms with Gasteiger partial charge in [0.15, 0.2) is 0 Å². The molecule has 1 aliphatic rings. The van der Waals surface area contributed by atoms with E-state index in [1.807, 2.05) is 25.2 Å². The molecule has 0 aromatic heterocycles. The predicted octanol–water partition coefficient (Wildman–Crippen LogP) is 11.6. The van der Waals surface area contributed by atoms with E-state index in [9.17, 15) is 9.59 Å². The second kappa shape index (κ2) is 22.2. The van der Waals surface area contributed by atoms with Crippen LogP contribution in [-0.4, -0.2) is 11.9 Å². The second-order valence-electron chi connectivity index (χ2n) is 12.6. The fourth-order valence-corrected chi connectivity index (χ4v) is 5.40. The molecule has 0 atom stereocenters. The van der Waals surface area contributed by atoms with Crippen LogP contribution in [0.2, 0.25) is 0 Å². The molecule has 0 N–H and O–H groups in total. The number of unbranched alkanes of at least 4 members (excludes halogenated alkanes) is 11. The van der Waals surface area contributed by atoms with Crippen molar-refractivity contribution >= 4 is 11.9 Å². The summed E-state index contributed by atoms with van der Waals surface area (Å²) in [7, 11) is 0. The SMILES string of the molecule is CCCCCCCC/C=C\CCCCCCCC(=O)OC(=O)/C=C(C)/C=C/C=C(C)/C=C/C1=C(C)CCCC1(C)C. The highest BCUT2D eigenvalue weighted by Crippen LogP contribution is 2.40. The maximum atomic E-state index is 12.1. The van der Waals surface area contributed by atoms with Gasteiger partial charge >= 0.3 is 11.9 Å². The zero-order valence-electron chi connectivity index (χ0n) is 27.4. The Labute approximate surface area is 253 Å². The van der Waals surface area contributed by atoms with Gasteiger partial charge in [0.1, 0.15) is 0 Å². The smallest absolute Gasteiger partial charge is 0.338 e. The lowest BCUT2D eigenvalue weighted by Crippen LogP contribution is -2.19. The molecular formula is C38H60O3. The molecule has 0 radical (unpaired) electrons. The Hall–Kier alpha value is -2.42. The maximum Gasteiger partial charge on any atom is 0.338 e. The average molecular weight is 565 g/mol. The first kappa shape index (κ1) is 36.6. The Bertz CT molecular complexity index is 952. The standard InChI is InChI=1S/C38H60O3/c1-7-8-9-10-11-12-13-14-15-16-17-18-19-20-21-27-36(39)41-37(40)31-33(3)25-22-24-32(2)28-29-35-34(4)26-23-30-38(35,5)6/h14-15,22,24-25,28-29,31H,7-13,16-21,23,26-27,30H2,1-6H3/b15-14-,25-22+,29-28+,32-24+,33-31+. The first-order chi connectivity index (χ1) is 19.7. The first-order valence-corrected chi connectivity index (χ1v) is 16.5. The van der Waals surface area contributed by atoms with Crippen LogP contribution in [0.3, 0.4) is 0 Å². The average Bonchev–Trinajstić information content (AvgIpc) is 2.90. The lowest BCUT2D eigenvalue weighted by Gasteiger charge is -2.32. The van der Waals surface area contributed by atoms with Crippen molar-refractivity contribution < 1.29 is 14.3 Å². The van der Waals surface area contributed by atoms with Crippen LogP contribution in [0, 0.1) is 5.41 Å². The molecule has 0 aromatic rings. The third-order valence-corrected chi connectivity index (χ3v) is 7.98. The molecule has 0 saturated heterocycles. The van der Waals surface area contributed by atoms with Crippen molar-refractivity contribution in [2.24, 2.45) is 5.41 Å². The monoisotopic (exact) mass is 564 g/mol. The van der Waals surface area contributed by atoms with Crippen LogP contribution in [0.5, 0.6) is 0 Å². The number of ether oxygens (including phenoxy) is 1. The second-order valence-corrected chi connectivity index (χ2v) is 12.6. The molecule has 0 spiro atoms. The molecule has 1 aliphatic carbocycles. The van der Waals surface area contributed by atoms with Crippen LogP contribution in [0.1, 0.15) is 151 Å². The van der Waals surface area contributed by atoms with E-state index in [0.29, 0.717) is 6.42 Å². The zero-order chi connectivity index (χ0) is 30.3. The topological polar surface area (TPSA) is 43.4 Å². The number of esters is 2. The van der Waals surface area contributed by atoms with Gasteiger partial charge in [-0.3, -0.25) is 4.79 Å². The summed E-state index contributed by atoms with van der Waals surface area (Å²) in [5, 5.41) is 0. The molecule has 3 heteroatoms. The highest BCUT2D eigenvalue weighted by Gasteiger charge is 2.26. The molecule has 0 amide bonds. The Kier molecular flexibility index (Phi) is 19.8. The van der Waals surface area contributed by atoms with Gasteiger partial charge in [-0.25, -0.2) is 4.79 Å². The van der Waals surface area contributed by atoms with Crippen molar-refractivity contribution in [2.75, 3.05) is 0 Å². The molecule has 0 fully saturated rings. The fourth-order valence-electron chi connectivity index (χ4n) is 5.40. The summed E-state index contributed by atoms with van der Waals surface area (Å²) in [5.41, 5.74) is 5.07. The lowest BCUT2D eigenvalue weighted by molar-refractivity contribution is -0.156. The van der Waals surface area contributed by atoms with Crippen molar-refractivity contribution in [2.45, 2.75) is 151 Å². The number of hydrogen-bond acceptors (Lipinski definition) is 3. The zero-order valence-corrected chi connectivity index (χ0v) is 27.4. The van der Waals surface area contributed by atoms with Crippen molar-refractivity contribution in [1.29, 1.82) is 0 Å². The molecule has 230 valence electrons. The van der Waals surface area contributed by atoms with E-state index in [-0.39, 0.29) is 5.41 Å². The van der Waals surface area contributed by atoms with Gasteiger partial charge in [-0.15, -0.1) is 0 Å². The molecule has 0 aliphatic heterocycles. The number of carbonyl (C=O) groups is 2. The van der Waals surface area contributed by atoms with Crippen molar-refractivity contribution in [3.05, 3.63) is 70.9 Å². The summed E-state index contributed by atoms with van der Waals surface area (Å²) in [6.07, 6.45) is 36.0. The minimum atomic E-state index is -0.590.